The smallest absolute Gasteiger partial charge is 0.302 e. The molecule has 0 aromatic heterocycles. The number of carbonyl (C=O) groups is 2. The molecule has 0 saturated heterocycles. The van der Waals surface area contributed by atoms with Crippen molar-refractivity contribution >= 4 is 11.9 Å². The third kappa shape index (κ3) is 6.13. The number of hydrogen-bond donors (Lipinski definition) is 2. The zero-order valence-electron chi connectivity index (χ0n) is 5.07. The second-order valence-corrected chi connectivity index (χ2v) is 1.49. The Kier molecular flexibility index (Phi) is 7.30. The summed E-state index contributed by atoms with van der Waals surface area (Å²) in [5.41, 5.74) is 6.58. The van der Waals surface area contributed by atoms with E-state index in [4.69, 9.17) is 15.9 Å². The Hall–Kier alpha value is 0.00390. The van der Waals surface area contributed by atoms with E-state index in [-0.39, 0.29) is 32.7 Å². The van der Waals surface area contributed by atoms with Crippen molar-refractivity contribution < 1.29 is 52.5 Å². The van der Waals surface area contributed by atoms with E-state index in [1.807, 2.05) is 0 Å². The Morgan fingerprint density at radius 2 is 1.80 bits per heavy atom. The number of carboxylic acid groups (broad SMARTS) is 2. The summed E-state index contributed by atoms with van der Waals surface area (Å²) in [5, 5.41) is 15.9. The van der Waals surface area contributed by atoms with Gasteiger partial charge < -0.3 is 15.9 Å². The summed E-state index contributed by atoms with van der Waals surface area (Å²) in [6, 6.07) is -1.54. The van der Waals surface area contributed by atoms with Crippen LogP contribution in [0.25, 0.3) is 5.73 Å². The van der Waals surface area contributed by atoms with E-state index in [1.54, 1.807) is 0 Å². The second kappa shape index (κ2) is 5.76. The van der Waals surface area contributed by atoms with Crippen LogP contribution in [0.15, 0.2) is 0 Å². The van der Waals surface area contributed by atoms with Crippen LogP contribution in [-0.4, -0.2) is 28.2 Å². The van der Waals surface area contributed by atoms with Gasteiger partial charge in [0.25, 0.3) is 5.97 Å². The minimum Gasteiger partial charge on any atom is -0.665 e. The summed E-state index contributed by atoms with van der Waals surface area (Å²) in [4.78, 5) is 19.5. The maximum absolute atomic E-state index is 9.78. The van der Waals surface area contributed by atoms with E-state index in [9.17, 15) is 9.59 Å². The molecule has 1 radical (unpaired) electrons. The minimum absolute atomic E-state index is 0. The fraction of sp³-hybridized carbons (Fsp3) is 0.500. The third-order valence-corrected chi connectivity index (χ3v) is 0.677. The Morgan fingerprint density at radius 3 is 1.90 bits per heavy atom. The Morgan fingerprint density at radius 1 is 1.40 bits per heavy atom. The summed E-state index contributed by atoms with van der Waals surface area (Å²) in [6.07, 6.45) is -0.644. The van der Waals surface area contributed by atoms with Gasteiger partial charge in [0.2, 0.25) is 0 Å². The molecule has 5 nitrogen and oxygen atoms in total. The molecule has 1 atom stereocenters. The molecule has 10 heavy (non-hydrogen) atoms. The molecule has 0 aliphatic carbocycles. The molecule has 1 unspecified atom stereocenters. The van der Waals surface area contributed by atoms with Gasteiger partial charge in [-0.05, 0) is 6.04 Å². The Labute approximate surface area is 82.5 Å². The molecule has 0 spiro atoms. The molecular formula is C4H6NO4Y-. The number of nitrogens with one attached hydrogen (secondary N) is 1. The molecule has 0 bridgehead atoms. The van der Waals surface area contributed by atoms with Crippen molar-refractivity contribution in [3.05, 3.63) is 5.73 Å². The second-order valence-electron chi connectivity index (χ2n) is 1.49. The molecular weight excluding hydrogens is 215 g/mol. The molecule has 0 rings (SSSR count). The van der Waals surface area contributed by atoms with Crippen LogP contribution in [0.5, 0.6) is 0 Å². The van der Waals surface area contributed by atoms with Crippen molar-refractivity contribution in [1.82, 2.24) is 0 Å². The van der Waals surface area contributed by atoms with E-state index < -0.39 is 24.4 Å². The van der Waals surface area contributed by atoms with Crippen LogP contribution in [0.2, 0.25) is 0 Å². The number of rotatable bonds is 3. The fourth-order valence-electron chi connectivity index (χ4n) is 0.262. The molecule has 0 aliphatic heterocycles. The van der Waals surface area contributed by atoms with Gasteiger partial charge in [0.1, 0.15) is 0 Å². The maximum Gasteiger partial charge on any atom is 0.302 e. The monoisotopic (exact) mass is 221 g/mol. The Bertz CT molecular complexity index is 137. The van der Waals surface area contributed by atoms with Crippen LogP contribution < -0.4 is 0 Å². The zero-order chi connectivity index (χ0) is 7.44. The molecule has 0 aromatic rings. The predicted molar refractivity (Wildman–Crippen MR) is 28.0 cm³/mol. The predicted octanol–water partition coefficient (Wildman–Crippen LogP) is -0.0360. The van der Waals surface area contributed by atoms with Gasteiger partial charge in [-0.3, -0.25) is 9.59 Å². The van der Waals surface area contributed by atoms with E-state index in [1.165, 1.54) is 0 Å². The SMILES string of the molecule is [NH-]C(CC(=O)O)C(=O)O.[Y]. The molecule has 0 saturated carbocycles. The van der Waals surface area contributed by atoms with Crippen LogP contribution in [-0.2, 0) is 42.3 Å². The molecule has 0 amide bonds. The van der Waals surface area contributed by atoms with Gasteiger partial charge >= 0.3 is 5.97 Å². The van der Waals surface area contributed by atoms with Crippen LogP contribution in [0.1, 0.15) is 6.42 Å². The standard InChI is InChI=1S/C4H6NO4.Y/c5-2(4(8)9)1-3(6)7;/h2,5H,1H2,(H,6,7)(H,8,9);/q-1;. The molecule has 55 valence electrons. The minimum atomic E-state index is -1.54. The van der Waals surface area contributed by atoms with E-state index in [2.05, 4.69) is 0 Å². The van der Waals surface area contributed by atoms with Crippen LogP contribution in [0.3, 0.4) is 0 Å². The first-order valence-electron chi connectivity index (χ1n) is 2.19. The van der Waals surface area contributed by atoms with Gasteiger partial charge in [-0.25, -0.2) is 0 Å². The van der Waals surface area contributed by atoms with Gasteiger partial charge in [-0.1, -0.05) is 0 Å². The first kappa shape index (κ1) is 12.7. The van der Waals surface area contributed by atoms with Crippen molar-refractivity contribution in [3.8, 4) is 0 Å². The zero-order valence-corrected chi connectivity index (χ0v) is 7.91. The van der Waals surface area contributed by atoms with Crippen molar-refractivity contribution in [1.29, 1.82) is 0 Å². The summed E-state index contributed by atoms with van der Waals surface area (Å²) < 4.78 is 0. The molecule has 0 heterocycles. The van der Waals surface area contributed by atoms with Crippen molar-refractivity contribution in [3.63, 3.8) is 0 Å². The van der Waals surface area contributed by atoms with Crippen molar-refractivity contribution in [2.75, 3.05) is 0 Å². The van der Waals surface area contributed by atoms with Crippen molar-refractivity contribution in [2.24, 2.45) is 0 Å². The Balaban J connectivity index is 0. The van der Waals surface area contributed by atoms with Gasteiger partial charge in [0.15, 0.2) is 0 Å². The molecule has 0 aromatic carbocycles. The van der Waals surface area contributed by atoms with E-state index in [0.29, 0.717) is 0 Å². The van der Waals surface area contributed by atoms with Crippen molar-refractivity contribution in [2.45, 2.75) is 12.5 Å². The summed E-state index contributed by atoms with van der Waals surface area (Å²) >= 11 is 0. The van der Waals surface area contributed by atoms with Crippen LogP contribution in [0, 0.1) is 0 Å². The maximum atomic E-state index is 9.78. The topological polar surface area (TPSA) is 98.4 Å². The van der Waals surface area contributed by atoms with Crippen LogP contribution >= 0.6 is 0 Å². The quantitative estimate of drug-likeness (QED) is 0.698. The summed E-state index contributed by atoms with van der Waals surface area (Å²) in [6.45, 7) is 0. The molecule has 6 heteroatoms. The molecule has 0 fully saturated rings. The van der Waals surface area contributed by atoms with Gasteiger partial charge in [0, 0.05) is 39.1 Å². The van der Waals surface area contributed by atoms with Crippen LogP contribution in [0.4, 0.5) is 0 Å². The van der Waals surface area contributed by atoms with Gasteiger partial charge in [0.05, 0.1) is 0 Å². The number of carboxylic acids is 2. The first-order valence-corrected chi connectivity index (χ1v) is 2.19. The first-order chi connectivity index (χ1) is 4.04. The summed E-state index contributed by atoms with van der Waals surface area (Å²) in [5.74, 6) is -2.67. The van der Waals surface area contributed by atoms with Gasteiger partial charge in [-0.15, -0.1) is 0 Å². The third-order valence-electron chi connectivity index (χ3n) is 0.677. The molecule has 0 aliphatic rings. The average Bonchev–Trinajstić information content (AvgIpc) is 1.63. The largest absolute Gasteiger partial charge is 0.665 e. The fourth-order valence-corrected chi connectivity index (χ4v) is 0.262. The van der Waals surface area contributed by atoms with Gasteiger partial charge in [-0.2, -0.15) is 0 Å². The average molecular weight is 221 g/mol. The molecule has 3 N–H and O–H groups in total. The number of aliphatic carboxylic acids is 2. The number of hydrogen-bond acceptors (Lipinski definition) is 2. The summed E-state index contributed by atoms with van der Waals surface area (Å²) in [7, 11) is 0. The normalized spacial score (nSPS) is 11.3. The van der Waals surface area contributed by atoms with E-state index in [0.717, 1.165) is 0 Å². The van der Waals surface area contributed by atoms with E-state index >= 15 is 0 Å².